The molecule has 0 spiro atoms. The maximum atomic E-state index is 12.7. The van der Waals surface area contributed by atoms with Crippen molar-refractivity contribution in [2.45, 2.75) is 31.3 Å². The predicted octanol–water partition coefficient (Wildman–Crippen LogP) is 2.74. The van der Waals surface area contributed by atoms with Crippen LogP contribution in [0.3, 0.4) is 0 Å². The molecule has 3 aliphatic rings. The molecule has 2 aliphatic heterocycles. The monoisotopic (exact) mass is 403 g/mol. The summed E-state index contributed by atoms with van der Waals surface area (Å²) in [5, 5.41) is 13.9. The number of likely N-dealkylation sites (tertiary alicyclic amines) is 1. The Balaban J connectivity index is 1.22. The molecule has 1 saturated heterocycles. The van der Waals surface area contributed by atoms with Crippen LogP contribution in [0, 0.1) is 11.8 Å². The van der Waals surface area contributed by atoms with Crippen LogP contribution in [0.25, 0.3) is 6.08 Å². The Hall–Kier alpha value is -2.99. The number of aliphatic hydroxyl groups is 1. The molecular weight excluding hydrogens is 378 g/mol. The fourth-order valence-electron chi connectivity index (χ4n) is 5.15. The van der Waals surface area contributed by atoms with Gasteiger partial charge in [-0.05, 0) is 59.9 Å². The van der Waals surface area contributed by atoms with Crippen molar-refractivity contribution >= 4 is 23.7 Å². The smallest absolute Gasteiger partial charge is 0.246 e. The number of hydrogen-bond acceptors (Lipinski definition) is 4. The first-order chi connectivity index (χ1) is 14.5. The summed E-state index contributed by atoms with van der Waals surface area (Å²) < 4.78 is 0. The van der Waals surface area contributed by atoms with E-state index in [1.54, 1.807) is 18.3 Å². The number of amides is 2. The molecule has 30 heavy (non-hydrogen) atoms. The highest BCUT2D eigenvalue weighted by Crippen LogP contribution is 2.48. The van der Waals surface area contributed by atoms with Gasteiger partial charge in [-0.25, -0.2) is 4.98 Å². The predicted molar refractivity (Wildman–Crippen MR) is 113 cm³/mol. The van der Waals surface area contributed by atoms with Gasteiger partial charge in [0.05, 0.1) is 5.60 Å². The van der Waals surface area contributed by atoms with E-state index in [1.807, 2.05) is 41.3 Å². The van der Waals surface area contributed by atoms with E-state index in [-0.39, 0.29) is 11.8 Å². The second-order valence-corrected chi connectivity index (χ2v) is 8.73. The Morgan fingerprint density at radius 2 is 1.90 bits per heavy atom. The highest BCUT2D eigenvalue weighted by Gasteiger charge is 2.49. The molecule has 1 saturated carbocycles. The van der Waals surface area contributed by atoms with E-state index in [2.05, 4.69) is 10.3 Å². The zero-order valence-corrected chi connectivity index (χ0v) is 16.8. The summed E-state index contributed by atoms with van der Waals surface area (Å²) in [7, 11) is 0. The number of carbonyl (C=O) groups is 2. The molecule has 2 fully saturated rings. The van der Waals surface area contributed by atoms with E-state index in [0.717, 1.165) is 16.7 Å². The number of carbonyl (C=O) groups excluding carboxylic acids is 2. The fourth-order valence-corrected chi connectivity index (χ4v) is 5.15. The van der Waals surface area contributed by atoms with E-state index < -0.39 is 5.60 Å². The number of benzene rings is 1. The third-order valence-corrected chi connectivity index (χ3v) is 6.68. The summed E-state index contributed by atoms with van der Waals surface area (Å²) in [5.74, 6) is 1.28. The van der Waals surface area contributed by atoms with Crippen LogP contribution in [0.5, 0.6) is 0 Å². The van der Waals surface area contributed by atoms with Crippen LogP contribution < -0.4 is 5.32 Å². The first-order valence-corrected chi connectivity index (χ1v) is 10.5. The lowest BCUT2D eigenvalue weighted by Gasteiger charge is -2.26. The number of hydrogen-bond donors (Lipinski definition) is 2. The normalized spacial score (nSPS) is 27.8. The molecule has 3 atom stereocenters. The van der Waals surface area contributed by atoms with E-state index >= 15 is 0 Å². The molecule has 2 unspecified atom stereocenters. The van der Waals surface area contributed by atoms with Gasteiger partial charge in [0, 0.05) is 31.8 Å². The van der Waals surface area contributed by atoms with Gasteiger partial charge < -0.3 is 15.3 Å². The quantitative estimate of drug-likeness (QED) is 0.772. The Morgan fingerprint density at radius 1 is 1.17 bits per heavy atom. The molecule has 3 heterocycles. The first-order valence-electron chi connectivity index (χ1n) is 10.5. The third-order valence-electron chi connectivity index (χ3n) is 6.68. The van der Waals surface area contributed by atoms with Gasteiger partial charge in [0.25, 0.3) is 0 Å². The number of aromatic nitrogens is 1. The highest BCUT2D eigenvalue weighted by molar-refractivity contribution is 5.94. The van der Waals surface area contributed by atoms with E-state index in [0.29, 0.717) is 56.4 Å². The average molecular weight is 403 g/mol. The first kappa shape index (κ1) is 19.0. The van der Waals surface area contributed by atoms with E-state index in [4.69, 9.17) is 0 Å². The second-order valence-electron chi connectivity index (χ2n) is 8.73. The Bertz CT molecular complexity index is 1000. The maximum Gasteiger partial charge on any atom is 0.246 e. The zero-order valence-electron chi connectivity index (χ0n) is 16.8. The largest absolute Gasteiger partial charge is 0.385 e. The molecule has 2 aromatic rings. The van der Waals surface area contributed by atoms with E-state index in [1.165, 1.54) is 0 Å². The standard InChI is InChI=1S/C24H25N3O3/c28-21-8-7-17-10-16(13-25-23(17)26-21)6-9-22(29)27-14-18-11-24(30,12-19(18)15-27)20-4-2-1-3-5-20/h1-6,9-10,13,18-19,30H,7-8,11-12,14-15H2,(H,25,26,28)/b9-6+/t18-,19?,24?/m1/s1. The summed E-state index contributed by atoms with van der Waals surface area (Å²) in [6.07, 6.45) is 7.62. The number of nitrogens with zero attached hydrogens (tertiary/aromatic N) is 2. The number of fused-ring (bicyclic) bond motifs is 2. The molecule has 1 aliphatic carbocycles. The lowest BCUT2D eigenvalue weighted by atomic mass is 9.90. The van der Waals surface area contributed by atoms with E-state index in [9.17, 15) is 14.7 Å². The number of pyridine rings is 1. The van der Waals surface area contributed by atoms with Crippen LogP contribution in [0.4, 0.5) is 5.82 Å². The van der Waals surface area contributed by atoms with Crippen molar-refractivity contribution in [1.82, 2.24) is 9.88 Å². The minimum atomic E-state index is -0.772. The SMILES string of the molecule is O=C1CCc2cc(/C=C/C(=O)N3CC4CC(O)(c5ccccc5)C[C@@H]4C3)cnc2N1. The van der Waals surface area contributed by atoms with Crippen molar-refractivity contribution in [3.8, 4) is 0 Å². The summed E-state index contributed by atoms with van der Waals surface area (Å²) in [6.45, 7) is 1.38. The molecule has 0 bridgehead atoms. The molecular formula is C24H25N3O3. The van der Waals surface area contributed by atoms with Gasteiger partial charge >= 0.3 is 0 Å². The highest BCUT2D eigenvalue weighted by atomic mass is 16.3. The number of anilines is 1. The lowest BCUT2D eigenvalue weighted by molar-refractivity contribution is -0.125. The Morgan fingerprint density at radius 3 is 2.63 bits per heavy atom. The van der Waals surface area contributed by atoms with Gasteiger partial charge in [-0.3, -0.25) is 9.59 Å². The van der Waals surface area contributed by atoms with Crippen molar-refractivity contribution in [3.63, 3.8) is 0 Å². The topological polar surface area (TPSA) is 82.5 Å². The van der Waals surface area contributed by atoms with Crippen LogP contribution in [0.1, 0.15) is 36.0 Å². The van der Waals surface area contributed by atoms with Crippen LogP contribution >= 0.6 is 0 Å². The Labute approximate surface area is 175 Å². The fraction of sp³-hybridized carbons (Fsp3) is 0.375. The van der Waals surface area contributed by atoms with Crippen molar-refractivity contribution in [2.24, 2.45) is 11.8 Å². The molecule has 5 rings (SSSR count). The van der Waals surface area contributed by atoms with Gasteiger partial charge in [0.1, 0.15) is 5.82 Å². The lowest BCUT2D eigenvalue weighted by Crippen LogP contribution is -2.31. The molecule has 6 nitrogen and oxygen atoms in total. The molecule has 2 amide bonds. The second kappa shape index (κ2) is 7.36. The molecule has 0 radical (unpaired) electrons. The van der Waals surface area contributed by atoms with Crippen molar-refractivity contribution < 1.29 is 14.7 Å². The molecule has 154 valence electrons. The van der Waals surface area contributed by atoms with Crippen molar-refractivity contribution in [2.75, 3.05) is 18.4 Å². The van der Waals surface area contributed by atoms with Gasteiger partial charge in [-0.15, -0.1) is 0 Å². The van der Waals surface area contributed by atoms with Crippen molar-refractivity contribution in [3.05, 3.63) is 65.4 Å². The number of nitrogens with one attached hydrogen (secondary N) is 1. The summed E-state index contributed by atoms with van der Waals surface area (Å²) in [6, 6.07) is 11.8. The molecule has 1 aromatic carbocycles. The van der Waals surface area contributed by atoms with Crippen LogP contribution in [-0.2, 0) is 21.6 Å². The molecule has 6 heteroatoms. The van der Waals surface area contributed by atoms with Crippen LogP contribution in [0.15, 0.2) is 48.7 Å². The van der Waals surface area contributed by atoms with Crippen molar-refractivity contribution in [1.29, 1.82) is 0 Å². The minimum absolute atomic E-state index is 0.00123. The van der Waals surface area contributed by atoms with Crippen LogP contribution in [-0.4, -0.2) is 39.9 Å². The molecule has 1 aromatic heterocycles. The minimum Gasteiger partial charge on any atom is -0.385 e. The summed E-state index contributed by atoms with van der Waals surface area (Å²) in [4.78, 5) is 30.3. The number of aryl methyl sites for hydroxylation is 1. The summed E-state index contributed by atoms with van der Waals surface area (Å²) in [5.41, 5.74) is 2.07. The average Bonchev–Trinajstić information content (AvgIpc) is 3.28. The maximum absolute atomic E-state index is 12.7. The van der Waals surface area contributed by atoms with Gasteiger partial charge in [0.2, 0.25) is 11.8 Å². The zero-order chi connectivity index (χ0) is 20.7. The van der Waals surface area contributed by atoms with Gasteiger partial charge in [-0.2, -0.15) is 0 Å². The summed E-state index contributed by atoms with van der Waals surface area (Å²) >= 11 is 0. The third kappa shape index (κ3) is 3.52. The Kier molecular flexibility index (Phi) is 4.66. The number of rotatable bonds is 3. The van der Waals surface area contributed by atoms with Gasteiger partial charge in [-0.1, -0.05) is 30.3 Å². The van der Waals surface area contributed by atoms with Gasteiger partial charge in [0.15, 0.2) is 0 Å². The molecule has 2 N–H and O–H groups in total. The van der Waals surface area contributed by atoms with Crippen LogP contribution in [0.2, 0.25) is 0 Å².